The number of nitrogens with zero attached hydrogens (tertiary/aromatic N) is 1. The lowest BCUT2D eigenvalue weighted by Crippen LogP contribution is -2.12. The summed E-state index contributed by atoms with van der Waals surface area (Å²) in [6, 6.07) is 3.70. The zero-order valence-corrected chi connectivity index (χ0v) is 12.9. The molecule has 0 bridgehead atoms. The van der Waals surface area contributed by atoms with Gasteiger partial charge in [-0.2, -0.15) is 0 Å². The van der Waals surface area contributed by atoms with Crippen LogP contribution in [0.4, 0.5) is 0 Å². The minimum absolute atomic E-state index is 0.0424. The van der Waals surface area contributed by atoms with Gasteiger partial charge in [0.25, 0.3) is 0 Å². The Hall–Kier alpha value is -2.21. The molecule has 0 radical (unpaired) electrons. The fourth-order valence-corrected chi connectivity index (χ4v) is 1.97. The molecule has 0 saturated heterocycles. The Bertz CT molecular complexity index is 584. The minimum Gasteiger partial charge on any atom is -0.493 e. The van der Waals surface area contributed by atoms with Crippen molar-refractivity contribution < 1.29 is 18.6 Å². The molecular weight excluding hydrogens is 272 g/mol. The Kier molecular flexibility index (Phi) is 4.70. The minimum atomic E-state index is 0.0424. The molecule has 1 aromatic carbocycles. The third kappa shape index (κ3) is 2.95. The van der Waals surface area contributed by atoms with Gasteiger partial charge in [-0.3, -0.25) is 0 Å². The third-order valence-corrected chi connectivity index (χ3v) is 3.28. The molecule has 0 amide bonds. The van der Waals surface area contributed by atoms with Gasteiger partial charge < -0.3 is 23.9 Å². The highest BCUT2D eigenvalue weighted by atomic mass is 16.5. The monoisotopic (exact) mass is 292 g/mol. The summed E-state index contributed by atoms with van der Waals surface area (Å²) in [5.41, 5.74) is 0.812. The van der Waals surface area contributed by atoms with Gasteiger partial charge in [-0.15, -0.1) is 0 Å². The normalized spacial score (nSPS) is 12.0. The number of hydrogen-bond donors (Lipinski definition) is 1. The molecule has 0 aliphatic heterocycles. The van der Waals surface area contributed by atoms with Crippen LogP contribution >= 0.6 is 0 Å². The van der Waals surface area contributed by atoms with Crippen LogP contribution in [-0.2, 0) is 0 Å². The van der Waals surface area contributed by atoms with E-state index in [1.807, 2.05) is 26.1 Å². The lowest BCUT2D eigenvalue weighted by molar-refractivity contribution is 0.324. The van der Waals surface area contributed by atoms with E-state index in [-0.39, 0.29) is 6.04 Å². The SMILES string of the molecule is CNC(C)c1ncc(-c2cc(OC)c(OC)c(OC)c2)o1. The first-order chi connectivity index (χ1) is 10.1. The van der Waals surface area contributed by atoms with Crippen LogP contribution in [0, 0.1) is 0 Å². The Labute approximate surface area is 124 Å². The largest absolute Gasteiger partial charge is 0.493 e. The first-order valence-electron chi connectivity index (χ1n) is 6.58. The molecule has 114 valence electrons. The van der Waals surface area contributed by atoms with Crippen LogP contribution in [0.25, 0.3) is 11.3 Å². The number of methoxy groups -OCH3 is 3. The molecule has 1 heterocycles. The van der Waals surface area contributed by atoms with E-state index in [0.717, 1.165) is 5.56 Å². The molecule has 1 unspecified atom stereocenters. The molecule has 0 spiro atoms. The number of rotatable bonds is 6. The molecular formula is C15H20N2O4. The Morgan fingerprint density at radius 1 is 1.10 bits per heavy atom. The lowest BCUT2D eigenvalue weighted by atomic mass is 10.1. The van der Waals surface area contributed by atoms with Gasteiger partial charge in [0.2, 0.25) is 11.6 Å². The van der Waals surface area contributed by atoms with E-state index in [1.165, 1.54) is 0 Å². The fraction of sp³-hybridized carbons (Fsp3) is 0.400. The van der Waals surface area contributed by atoms with E-state index in [4.69, 9.17) is 18.6 Å². The van der Waals surface area contributed by atoms with E-state index in [2.05, 4.69) is 10.3 Å². The molecule has 0 aliphatic carbocycles. The molecule has 0 aliphatic rings. The molecule has 1 aromatic heterocycles. The molecule has 0 saturated carbocycles. The van der Waals surface area contributed by atoms with Crippen LogP contribution in [0.15, 0.2) is 22.7 Å². The number of hydrogen-bond acceptors (Lipinski definition) is 6. The van der Waals surface area contributed by atoms with Crippen molar-refractivity contribution in [3.63, 3.8) is 0 Å². The van der Waals surface area contributed by atoms with E-state index < -0.39 is 0 Å². The predicted molar refractivity (Wildman–Crippen MR) is 79.1 cm³/mol. The van der Waals surface area contributed by atoms with Gasteiger partial charge >= 0.3 is 0 Å². The molecule has 6 heteroatoms. The van der Waals surface area contributed by atoms with Crippen molar-refractivity contribution in [1.82, 2.24) is 10.3 Å². The van der Waals surface area contributed by atoms with Gasteiger partial charge in [0.05, 0.1) is 33.6 Å². The maximum atomic E-state index is 5.77. The van der Waals surface area contributed by atoms with Crippen molar-refractivity contribution in [2.75, 3.05) is 28.4 Å². The summed E-state index contributed by atoms with van der Waals surface area (Å²) in [6.07, 6.45) is 1.68. The van der Waals surface area contributed by atoms with E-state index in [1.54, 1.807) is 27.5 Å². The van der Waals surface area contributed by atoms with Crippen molar-refractivity contribution in [3.8, 4) is 28.6 Å². The van der Waals surface area contributed by atoms with Crippen molar-refractivity contribution in [2.24, 2.45) is 0 Å². The van der Waals surface area contributed by atoms with Gasteiger partial charge in [0.15, 0.2) is 17.3 Å². The van der Waals surface area contributed by atoms with E-state index in [0.29, 0.717) is 28.9 Å². The topological polar surface area (TPSA) is 65.8 Å². The highest BCUT2D eigenvalue weighted by molar-refractivity contribution is 5.67. The summed E-state index contributed by atoms with van der Waals surface area (Å²) in [4.78, 5) is 4.27. The third-order valence-electron chi connectivity index (χ3n) is 3.28. The molecule has 6 nitrogen and oxygen atoms in total. The second kappa shape index (κ2) is 6.49. The molecule has 0 fully saturated rings. The van der Waals surface area contributed by atoms with E-state index >= 15 is 0 Å². The summed E-state index contributed by atoms with van der Waals surface area (Å²) < 4.78 is 21.7. The van der Waals surface area contributed by atoms with Gasteiger partial charge in [-0.25, -0.2) is 4.98 Å². The number of ether oxygens (including phenoxy) is 3. The van der Waals surface area contributed by atoms with Crippen LogP contribution in [0.5, 0.6) is 17.2 Å². The highest BCUT2D eigenvalue weighted by Gasteiger charge is 2.17. The summed E-state index contributed by atoms with van der Waals surface area (Å²) in [5.74, 6) is 2.97. The molecule has 1 N–H and O–H groups in total. The Morgan fingerprint density at radius 2 is 1.71 bits per heavy atom. The van der Waals surface area contributed by atoms with Crippen LogP contribution in [0.1, 0.15) is 18.9 Å². The van der Waals surface area contributed by atoms with Crippen molar-refractivity contribution in [1.29, 1.82) is 0 Å². The van der Waals surface area contributed by atoms with Gasteiger partial charge in [-0.05, 0) is 26.1 Å². The van der Waals surface area contributed by atoms with Crippen LogP contribution in [-0.4, -0.2) is 33.4 Å². The highest BCUT2D eigenvalue weighted by Crippen LogP contribution is 2.41. The number of nitrogens with one attached hydrogen (secondary N) is 1. The summed E-state index contributed by atoms with van der Waals surface area (Å²) in [7, 11) is 6.58. The maximum Gasteiger partial charge on any atom is 0.211 e. The zero-order chi connectivity index (χ0) is 15.4. The van der Waals surface area contributed by atoms with Crippen LogP contribution in [0.2, 0.25) is 0 Å². The second-order valence-electron chi connectivity index (χ2n) is 4.49. The van der Waals surface area contributed by atoms with Crippen molar-refractivity contribution in [2.45, 2.75) is 13.0 Å². The Balaban J connectivity index is 2.46. The second-order valence-corrected chi connectivity index (χ2v) is 4.49. The standard InChI is InChI=1S/C15H20N2O4/c1-9(16-2)15-17-8-13(21-15)10-6-11(18-3)14(20-5)12(7-10)19-4/h6-9,16H,1-5H3. The average molecular weight is 292 g/mol. The van der Waals surface area contributed by atoms with Gasteiger partial charge in [0.1, 0.15) is 0 Å². The zero-order valence-electron chi connectivity index (χ0n) is 12.9. The molecule has 2 aromatic rings. The number of benzene rings is 1. The summed E-state index contributed by atoms with van der Waals surface area (Å²) >= 11 is 0. The first-order valence-corrected chi connectivity index (χ1v) is 6.58. The molecule has 1 atom stereocenters. The smallest absolute Gasteiger partial charge is 0.211 e. The summed E-state index contributed by atoms with van der Waals surface area (Å²) in [6.45, 7) is 1.98. The first kappa shape index (κ1) is 15.2. The average Bonchev–Trinajstić information content (AvgIpc) is 3.02. The van der Waals surface area contributed by atoms with Crippen LogP contribution < -0.4 is 19.5 Å². The lowest BCUT2D eigenvalue weighted by Gasteiger charge is -2.13. The summed E-state index contributed by atoms with van der Waals surface area (Å²) in [5, 5.41) is 3.08. The quantitative estimate of drug-likeness (QED) is 0.883. The molecule has 2 rings (SSSR count). The van der Waals surface area contributed by atoms with Crippen LogP contribution in [0.3, 0.4) is 0 Å². The number of aromatic nitrogens is 1. The van der Waals surface area contributed by atoms with Gasteiger partial charge in [-0.1, -0.05) is 0 Å². The van der Waals surface area contributed by atoms with Gasteiger partial charge in [0, 0.05) is 5.56 Å². The fourth-order valence-electron chi connectivity index (χ4n) is 1.97. The molecule has 21 heavy (non-hydrogen) atoms. The van der Waals surface area contributed by atoms with Crippen molar-refractivity contribution in [3.05, 3.63) is 24.2 Å². The van der Waals surface area contributed by atoms with E-state index in [9.17, 15) is 0 Å². The predicted octanol–water partition coefficient (Wildman–Crippen LogP) is 2.65. The Morgan fingerprint density at radius 3 is 2.19 bits per heavy atom. The van der Waals surface area contributed by atoms with Crippen molar-refractivity contribution >= 4 is 0 Å². The number of oxazole rings is 1. The maximum absolute atomic E-state index is 5.77.